The van der Waals surface area contributed by atoms with Crippen LogP contribution < -0.4 is 4.74 Å². The maximum Gasteiger partial charge on any atom is 0.362 e. The monoisotopic (exact) mass is 246 g/mol. The van der Waals surface area contributed by atoms with Crippen molar-refractivity contribution in [3.05, 3.63) is 47.3 Å². The van der Waals surface area contributed by atoms with E-state index in [1.54, 1.807) is 25.1 Å². The van der Waals surface area contributed by atoms with E-state index in [1.165, 1.54) is 0 Å². The fourth-order valence-electron chi connectivity index (χ4n) is 1.43. The van der Waals surface area contributed by atoms with Gasteiger partial charge in [0.1, 0.15) is 11.3 Å². The van der Waals surface area contributed by atoms with Crippen molar-refractivity contribution >= 4 is 11.9 Å². The van der Waals surface area contributed by atoms with Crippen LogP contribution in [0.15, 0.2) is 30.5 Å². The van der Waals surface area contributed by atoms with Gasteiger partial charge in [0, 0.05) is 0 Å². The average molecular weight is 246 g/mol. The number of carbonyl (C=O) groups is 2. The summed E-state index contributed by atoms with van der Waals surface area (Å²) in [6.45, 7) is 1.79. The van der Waals surface area contributed by atoms with E-state index in [1.807, 2.05) is 6.07 Å². The second kappa shape index (κ2) is 4.70. The van der Waals surface area contributed by atoms with Gasteiger partial charge in [-0.1, -0.05) is 18.2 Å². The molecule has 0 atom stereocenters. The third-order valence-corrected chi connectivity index (χ3v) is 2.37. The van der Waals surface area contributed by atoms with E-state index in [0.717, 1.165) is 11.8 Å². The molecule has 0 saturated carbocycles. The molecule has 1 aromatic heterocycles. The van der Waals surface area contributed by atoms with Crippen LogP contribution in [0.3, 0.4) is 0 Å². The van der Waals surface area contributed by atoms with Crippen LogP contribution in [0.2, 0.25) is 0 Å². The Bertz CT molecular complexity index is 604. The molecule has 0 aliphatic carbocycles. The van der Waals surface area contributed by atoms with Crippen molar-refractivity contribution in [2.45, 2.75) is 6.92 Å². The summed E-state index contributed by atoms with van der Waals surface area (Å²) in [5, 5.41) is 14.7. The maximum atomic E-state index is 11.8. The summed E-state index contributed by atoms with van der Waals surface area (Å²) in [7, 11) is 0. The number of carbonyl (C=O) groups excluding carboxylic acids is 1. The molecule has 1 aromatic carbocycles. The Morgan fingerprint density at radius 2 is 2.06 bits per heavy atom. The van der Waals surface area contributed by atoms with Gasteiger partial charge < -0.3 is 9.84 Å². The lowest BCUT2D eigenvalue weighted by atomic mass is 10.2. The van der Waals surface area contributed by atoms with E-state index >= 15 is 0 Å². The molecule has 0 fully saturated rings. The van der Waals surface area contributed by atoms with Gasteiger partial charge >= 0.3 is 11.9 Å². The lowest BCUT2D eigenvalue weighted by Gasteiger charge is -2.05. The van der Waals surface area contributed by atoms with Gasteiger partial charge in [-0.25, -0.2) is 9.59 Å². The first-order chi connectivity index (χ1) is 8.59. The van der Waals surface area contributed by atoms with Crippen LogP contribution in [0.4, 0.5) is 0 Å². The Hall–Kier alpha value is -2.63. The molecule has 6 nitrogen and oxygen atoms in total. The standard InChI is InChI=1S/C12H10N2O4/c1-7-4-2-3-5-9(7)18-12(17)10-8(11(15)16)6-13-14-10/h2-6H,1H3,(H,13,14)(H,15,16). The predicted octanol–water partition coefficient (Wildman–Crippen LogP) is 1.64. The van der Waals surface area contributed by atoms with Crippen LogP contribution in [0.1, 0.15) is 26.4 Å². The van der Waals surface area contributed by atoms with Crippen molar-refractivity contribution in [2.75, 3.05) is 0 Å². The summed E-state index contributed by atoms with van der Waals surface area (Å²) < 4.78 is 5.11. The van der Waals surface area contributed by atoms with Crippen LogP contribution in [0.25, 0.3) is 0 Å². The van der Waals surface area contributed by atoms with E-state index in [2.05, 4.69) is 10.2 Å². The lowest BCUT2D eigenvalue weighted by molar-refractivity contribution is 0.0665. The number of carboxylic acid groups (broad SMARTS) is 1. The maximum absolute atomic E-state index is 11.8. The summed E-state index contributed by atoms with van der Waals surface area (Å²) in [4.78, 5) is 22.6. The molecule has 2 rings (SSSR count). The Kier molecular flexibility index (Phi) is 3.09. The molecule has 2 N–H and O–H groups in total. The van der Waals surface area contributed by atoms with E-state index in [4.69, 9.17) is 9.84 Å². The zero-order valence-corrected chi connectivity index (χ0v) is 9.51. The largest absolute Gasteiger partial charge is 0.478 e. The van der Waals surface area contributed by atoms with E-state index in [0.29, 0.717) is 5.75 Å². The van der Waals surface area contributed by atoms with Crippen molar-refractivity contribution in [3.8, 4) is 5.75 Å². The number of rotatable bonds is 3. The number of aromatic nitrogens is 2. The van der Waals surface area contributed by atoms with Crippen LogP contribution in [0.5, 0.6) is 5.75 Å². The topological polar surface area (TPSA) is 92.3 Å². The number of benzene rings is 1. The Morgan fingerprint density at radius 1 is 1.33 bits per heavy atom. The first kappa shape index (κ1) is 11.8. The molecular formula is C12H10N2O4. The molecule has 1 heterocycles. The Labute approximate surface area is 102 Å². The van der Waals surface area contributed by atoms with Gasteiger partial charge in [-0.2, -0.15) is 5.10 Å². The predicted molar refractivity (Wildman–Crippen MR) is 61.7 cm³/mol. The smallest absolute Gasteiger partial charge is 0.362 e. The highest BCUT2D eigenvalue weighted by molar-refractivity contribution is 6.01. The fraction of sp³-hybridized carbons (Fsp3) is 0.0833. The van der Waals surface area contributed by atoms with Gasteiger partial charge in [0.25, 0.3) is 0 Å². The molecule has 0 saturated heterocycles. The highest BCUT2D eigenvalue weighted by atomic mass is 16.5. The molecular weight excluding hydrogens is 236 g/mol. The summed E-state index contributed by atoms with van der Waals surface area (Å²) in [5.74, 6) is -1.63. The average Bonchev–Trinajstić information content (AvgIpc) is 2.81. The molecule has 0 amide bonds. The third kappa shape index (κ3) is 2.22. The quantitative estimate of drug-likeness (QED) is 0.634. The fourth-order valence-corrected chi connectivity index (χ4v) is 1.43. The number of H-pyrrole nitrogens is 1. The number of aromatic amines is 1. The zero-order chi connectivity index (χ0) is 13.1. The highest BCUT2D eigenvalue weighted by Gasteiger charge is 2.21. The Balaban J connectivity index is 2.25. The van der Waals surface area contributed by atoms with Crippen molar-refractivity contribution in [1.29, 1.82) is 0 Å². The van der Waals surface area contributed by atoms with Gasteiger partial charge in [0.15, 0.2) is 5.69 Å². The minimum Gasteiger partial charge on any atom is -0.478 e. The van der Waals surface area contributed by atoms with Crippen LogP contribution in [-0.2, 0) is 0 Å². The molecule has 0 bridgehead atoms. The number of carboxylic acids is 1. The molecule has 0 spiro atoms. The summed E-state index contributed by atoms with van der Waals surface area (Å²) in [6, 6.07) is 6.95. The number of hydrogen-bond acceptors (Lipinski definition) is 4. The Morgan fingerprint density at radius 3 is 2.72 bits per heavy atom. The summed E-state index contributed by atoms with van der Waals surface area (Å²) in [6.07, 6.45) is 1.07. The molecule has 6 heteroatoms. The second-order valence-electron chi connectivity index (χ2n) is 3.62. The number of esters is 1. The van der Waals surface area contributed by atoms with Gasteiger partial charge in [-0.05, 0) is 18.6 Å². The van der Waals surface area contributed by atoms with Crippen molar-refractivity contribution in [2.24, 2.45) is 0 Å². The molecule has 0 aliphatic rings. The number of aryl methyl sites for hydroxylation is 1. The molecule has 0 aliphatic heterocycles. The number of para-hydroxylation sites is 1. The first-order valence-corrected chi connectivity index (χ1v) is 5.14. The van der Waals surface area contributed by atoms with E-state index in [9.17, 15) is 9.59 Å². The van der Waals surface area contributed by atoms with Gasteiger partial charge in [-0.15, -0.1) is 0 Å². The van der Waals surface area contributed by atoms with Crippen molar-refractivity contribution in [3.63, 3.8) is 0 Å². The van der Waals surface area contributed by atoms with Crippen LogP contribution in [0, 0.1) is 6.92 Å². The third-order valence-electron chi connectivity index (χ3n) is 2.37. The molecule has 18 heavy (non-hydrogen) atoms. The van der Waals surface area contributed by atoms with E-state index in [-0.39, 0.29) is 11.3 Å². The molecule has 92 valence electrons. The van der Waals surface area contributed by atoms with E-state index < -0.39 is 11.9 Å². The first-order valence-electron chi connectivity index (χ1n) is 5.14. The SMILES string of the molecule is Cc1ccccc1OC(=O)c1[nH]ncc1C(=O)O. The molecule has 0 radical (unpaired) electrons. The summed E-state index contributed by atoms with van der Waals surface area (Å²) in [5.41, 5.74) is 0.390. The number of nitrogens with zero attached hydrogens (tertiary/aromatic N) is 1. The molecule has 0 unspecified atom stereocenters. The van der Waals surface area contributed by atoms with Gasteiger partial charge in [0.05, 0.1) is 6.20 Å². The number of ether oxygens (including phenoxy) is 1. The zero-order valence-electron chi connectivity index (χ0n) is 9.51. The van der Waals surface area contributed by atoms with Gasteiger partial charge in [0.2, 0.25) is 0 Å². The van der Waals surface area contributed by atoms with Crippen LogP contribution in [-0.4, -0.2) is 27.2 Å². The lowest BCUT2D eigenvalue weighted by Crippen LogP contribution is -2.14. The minimum absolute atomic E-state index is 0.175. The van der Waals surface area contributed by atoms with Crippen molar-refractivity contribution in [1.82, 2.24) is 10.2 Å². The minimum atomic E-state index is -1.24. The molecule has 2 aromatic rings. The highest BCUT2D eigenvalue weighted by Crippen LogP contribution is 2.18. The van der Waals surface area contributed by atoms with Crippen LogP contribution >= 0.6 is 0 Å². The van der Waals surface area contributed by atoms with Gasteiger partial charge in [-0.3, -0.25) is 5.10 Å². The number of nitrogens with one attached hydrogen (secondary N) is 1. The second-order valence-corrected chi connectivity index (χ2v) is 3.62. The van der Waals surface area contributed by atoms with Crippen molar-refractivity contribution < 1.29 is 19.4 Å². The normalized spacial score (nSPS) is 10.1. The number of aromatic carboxylic acids is 1. The summed E-state index contributed by atoms with van der Waals surface area (Å²) >= 11 is 0. The number of hydrogen-bond donors (Lipinski definition) is 2.